The van der Waals surface area contributed by atoms with E-state index in [9.17, 15) is 13.2 Å². The van der Waals surface area contributed by atoms with E-state index in [1.165, 1.54) is 4.31 Å². The number of carbonyl (C=O) groups excluding carboxylic acids is 1. The van der Waals surface area contributed by atoms with Gasteiger partial charge in [-0.15, -0.1) is 0 Å². The highest BCUT2D eigenvalue weighted by molar-refractivity contribution is 7.92. The molecule has 0 aliphatic carbocycles. The minimum atomic E-state index is -3.33. The Kier molecular flexibility index (Phi) is 5.22. The van der Waals surface area contributed by atoms with Crippen LogP contribution in [0.15, 0.2) is 42.5 Å². The fourth-order valence-electron chi connectivity index (χ4n) is 2.68. The van der Waals surface area contributed by atoms with E-state index >= 15 is 0 Å². The van der Waals surface area contributed by atoms with E-state index in [-0.39, 0.29) is 16.7 Å². The smallest absolute Gasteiger partial charge is 0.255 e. The Morgan fingerprint density at radius 1 is 1.08 bits per heavy atom. The van der Waals surface area contributed by atoms with Crippen LogP contribution >= 0.6 is 23.2 Å². The van der Waals surface area contributed by atoms with Crippen LogP contribution in [0.1, 0.15) is 23.2 Å². The predicted molar refractivity (Wildman–Crippen MR) is 101 cm³/mol. The normalized spacial score (nSPS) is 16.5. The summed E-state index contributed by atoms with van der Waals surface area (Å²) in [5.74, 6) is -0.262. The van der Waals surface area contributed by atoms with Crippen LogP contribution in [-0.2, 0) is 10.0 Å². The van der Waals surface area contributed by atoms with E-state index in [0.29, 0.717) is 34.9 Å². The van der Waals surface area contributed by atoms with Crippen molar-refractivity contribution in [1.82, 2.24) is 0 Å². The standard InChI is InChI=1S/C17H16Cl2N2O3S/c18-14-7-4-8-15(16(14)19)20-17(22)12-5-3-6-13(11-12)21-9-1-2-10-25(21,23)24/h3-8,11H,1-2,9-10H2,(H,20,22). The molecule has 1 aliphatic rings. The molecule has 1 amide bonds. The Labute approximate surface area is 156 Å². The molecule has 0 radical (unpaired) electrons. The highest BCUT2D eigenvalue weighted by Crippen LogP contribution is 2.30. The van der Waals surface area contributed by atoms with Crippen molar-refractivity contribution in [1.29, 1.82) is 0 Å². The molecule has 8 heteroatoms. The van der Waals surface area contributed by atoms with E-state index in [4.69, 9.17) is 23.2 Å². The molecule has 1 aliphatic heterocycles. The molecule has 2 aromatic rings. The second-order valence-electron chi connectivity index (χ2n) is 5.70. The van der Waals surface area contributed by atoms with Crippen molar-refractivity contribution in [2.75, 3.05) is 21.9 Å². The van der Waals surface area contributed by atoms with Gasteiger partial charge < -0.3 is 5.32 Å². The molecule has 0 aromatic heterocycles. The molecule has 1 fully saturated rings. The Morgan fingerprint density at radius 3 is 2.60 bits per heavy atom. The van der Waals surface area contributed by atoms with E-state index < -0.39 is 10.0 Å². The highest BCUT2D eigenvalue weighted by Gasteiger charge is 2.26. The molecule has 3 rings (SSSR count). The minimum Gasteiger partial charge on any atom is -0.321 e. The molecule has 2 aromatic carbocycles. The van der Waals surface area contributed by atoms with Crippen LogP contribution in [0.5, 0.6) is 0 Å². The first-order chi connectivity index (χ1) is 11.9. The van der Waals surface area contributed by atoms with Crippen molar-refractivity contribution in [2.24, 2.45) is 0 Å². The summed E-state index contributed by atoms with van der Waals surface area (Å²) in [7, 11) is -3.33. The first-order valence-electron chi connectivity index (χ1n) is 7.74. The molecule has 0 saturated carbocycles. The zero-order valence-electron chi connectivity index (χ0n) is 13.2. The third-order valence-corrected chi connectivity index (χ3v) is 6.63. The van der Waals surface area contributed by atoms with Gasteiger partial charge in [0, 0.05) is 12.1 Å². The number of hydrogen-bond donors (Lipinski definition) is 1. The van der Waals surface area contributed by atoms with Gasteiger partial charge >= 0.3 is 0 Å². The molecule has 0 atom stereocenters. The molecule has 0 bridgehead atoms. The van der Waals surface area contributed by atoms with Gasteiger partial charge in [-0.05, 0) is 43.2 Å². The summed E-state index contributed by atoms with van der Waals surface area (Å²) in [4.78, 5) is 12.5. The lowest BCUT2D eigenvalue weighted by Gasteiger charge is -2.28. The third-order valence-electron chi connectivity index (χ3n) is 3.95. The van der Waals surface area contributed by atoms with Gasteiger partial charge in [-0.3, -0.25) is 9.10 Å². The van der Waals surface area contributed by atoms with Crippen LogP contribution in [0, 0.1) is 0 Å². The second kappa shape index (κ2) is 7.23. The lowest BCUT2D eigenvalue weighted by atomic mass is 10.1. The van der Waals surface area contributed by atoms with E-state index in [0.717, 1.165) is 6.42 Å². The van der Waals surface area contributed by atoms with Crippen molar-refractivity contribution in [3.8, 4) is 0 Å². The van der Waals surface area contributed by atoms with Gasteiger partial charge in [-0.1, -0.05) is 35.3 Å². The lowest BCUT2D eigenvalue weighted by molar-refractivity contribution is 0.102. The molecular weight excluding hydrogens is 383 g/mol. The number of halogens is 2. The maximum absolute atomic E-state index is 12.5. The van der Waals surface area contributed by atoms with Crippen molar-refractivity contribution in [3.05, 3.63) is 58.1 Å². The Bertz CT molecular complexity index is 916. The first kappa shape index (κ1) is 18.0. The predicted octanol–water partition coefficient (Wildman–Crippen LogP) is 4.18. The van der Waals surface area contributed by atoms with Crippen molar-refractivity contribution >= 4 is 50.5 Å². The summed E-state index contributed by atoms with van der Waals surface area (Å²) in [5.41, 5.74) is 1.23. The quantitative estimate of drug-likeness (QED) is 0.842. The zero-order chi connectivity index (χ0) is 18.0. The summed E-state index contributed by atoms with van der Waals surface area (Å²) in [6.07, 6.45) is 1.46. The molecule has 132 valence electrons. The lowest BCUT2D eigenvalue weighted by Crippen LogP contribution is -2.37. The molecule has 1 saturated heterocycles. The number of sulfonamides is 1. The SMILES string of the molecule is O=C(Nc1cccc(Cl)c1Cl)c1cccc(N2CCCCS2(=O)=O)c1. The summed E-state index contributed by atoms with van der Waals surface area (Å²) < 4.78 is 25.8. The maximum Gasteiger partial charge on any atom is 0.255 e. The summed E-state index contributed by atoms with van der Waals surface area (Å²) in [6.45, 7) is 0.424. The Balaban J connectivity index is 1.86. The second-order valence-corrected chi connectivity index (χ2v) is 8.50. The fraction of sp³-hybridized carbons (Fsp3) is 0.235. The average Bonchev–Trinajstić information content (AvgIpc) is 2.58. The van der Waals surface area contributed by atoms with Gasteiger partial charge in [-0.25, -0.2) is 8.42 Å². The first-order valence-corrected chi connectivity index (χ1v) is 10.1. The van der Waals surface area contributed by atoms with Gasteiger partial charge in [0.1, 0.15) is 0 Å². The molecule has 25 heavy (non-hydrogen) atoms. The van der Waals surface area contributed by atoms with Crippen LogP contribution in [0.25, 0.3) is 0 Å². The van der Waals surface area contributed by atoms with Gasteiger partial charge in [0.05, 0.1) is 27.2 Å². The van der Waals surface area contributed by atoms with Crippen LogP contribution in [-0.4, -0.2) is 26.6 Å². The molecule has 5 nitrogen and oxygen atoms in total. The largest absolute Gasteiger partial charge is 0.321 e. The van der Waals surface area contributed by atoms with Gasteiger partial charge in [0.2, 0.25) is 10.0 Å². The number of carbonyl (C=O) groups is 1. The van der Waals surface area contributed by atoms with Crippen LogP contribution in [0.2, 0.25) is 10.0 Å². The van der Waals surface area contributed by atoms with E-state index in [1.807, 2.05) is 0 Å². The minimum absolute atomic E-state index is 0.127. The van der Waals surface area contributed by atoms with Gasteiger partial charge in [0.15, 0.2) is 0 Å². The average molecular weight is 399 g/mol. The number of amides is 1. The molecule has 1 heterocycles. The monoisotopic (exact) mass is 398 g/mol. The summed E-state index contributed by atoms with van der Waals surface area (Å²) >= 11 is 12.0. The zero-order valence-corrected chi connectivity index (χ0v) is 15.5. The molecular formula is C17H16Cl2N2O3S. The van der Waals surface area contributed by atoms with Gasteiger partial charge in [0.25, 0.3) is 5.91 Å². The Morgan fingerprint density at radius 2 is 1.84 bits per heavy atom. The van der Waals surface area contributed by atoms with Crippen molar-refractivity contribution in [2.45, 2.75) is 12.8 Å². The third kappa shape index (κ3) is 3.92. The number of rotatable bonds is 3. The van der Waals surface area contributed by atoms with Gasteiger partial charge in [-0.2, -0.15) is 0 Å². The number of nitrogens with one attached hydrogen (secondary N) is 1. The van der Waals surface area contributed by atoms with Crippen molar-refractivity contribution in [3.63, 3.8) is 0 Å². The van der Waals surface area contributed by atoms with Crippen LogP contribution in [0.3, 0.4) is 0 Å². The number of hydrogen-bond acceptors (Lipinski definition) is 3. The van der Waals surface area contributed by atoms with Crippen LogP contribution < -0.4 is 9.62 Å². The molecule has 0 unspecified atom stereocenters. The fourth-order valence-corrected chi connectivity index (χ4v) is 4.66. The molecule has 1 N–H and O–H groups in total. The molecule has 0 spiro atoms. The highest BCUT2D eigenvalue weighted by atomic mass is 35.5. The summed E-state index contributed by atoms with van der Waals surface area (Å²) in [6, 6.07) is 11.5. The van der Waals surface area contributed by atoms with Crippen molar-refractivity contribution < 1.29 is 13.2 Å². The maximum atomic E-state index is 12.5. The number of nitrogens with zero attached hydrogens (tertiary/aromatic N) is 1. The topological polar surface area (TPSA) is 66.5 Å². The number of benzene rings is 2. The Hall–Kier alpha value is -1.76. The summed E-state index contributed by atoms with van der Waals surface area (Å²) in [5, 5.41) is 3.29. The van der Waals surface area contributed by atoms with E-state index in [1.54, 1.807) is 42.5 Å². The number of anilines is 2. The van der Waals surface area contributed by atoms with Crippen LogP contribution in [0.4, 0.5) is 11.4 Å². The van der Waals surface area contributed by atoms with E-state index in [2.05, 4.69) is 5.32 Å².